The zero-order chi connectivity index (χ0) is 17.7. The van der Waals surface area contributed by atoms with Gasteiger partial charge in [0.15, 0.2) is 5.76 Å². The van der Waals surface area contributed by atoms with Gasteiger partial charge in [0.05, 0.1) is 18.0 Å². The summed E-state index contributed by atoms with van der Waals surface area (Å²) in [5, 5.41) is 17.2. The zero-order valence-corrected chi connectivity index (χ0v) is 14.4. The Bertz CT molecular complexity index is 1000. The lowest BCUT2D eigenvalue weighted by Crippen LogP contribution is -2.33. The Hall–Kier alpha value is -2.92. The smallest absolute Gasteiger partial charge is 0.246 e. The molecule has 0 radical (unpaired) electrons. The standard InChI is InChI=1S/C20H15ClN2O3/c21-13-6-7-18-15(10-13)17-11-16(12-3-1-4-14(24)9-12)22-23(17)20(26-18)19-5-2-8-25-19/h1-10,17,20,24H,11H2. The Morgan fingerprint density at radius 2 is 2.04 bits per heavy atom. The molecule has 0 spiro atoms. The van der Waals surface area contributed by atoms with E-state index in [4.69, 9.17) is 25.9 Å². The maximum atomic E-state index is 9.80. The van der Waals surface area contributed by atoms with Crippen molar-refractivity contribution in [2.45, 2.75) is 18.7 Å². The minimum atomic E-state index is -0.446. The summed E-state index contributed by atoms with van der Waals surface area (Å²) in [4.78, 5) is 0. The average Bonchev–Trinajstić information content (AvgIpc) is 3.31. The summed E-state index contributed by atoms with van der Waals surface area (Å²) in [6, 6.07) is 16.5. The quantitative estimate of drug-likeness (QED) is 0.702. The number of phenolic OH excluding ortho intramolecular Hbond substituents is 1. The van der Waals surface area contributed by atoms with E-state index in [0.717, 1.165) is 22.6 Å². The van der Waals surface area contributed by atoms with Gasteiger partial charge in [0.2, 0.25) is 6.23 Å². The number of hydrogen-bond donors (Lipinski definition) is 1. The highest BCUT2D eigenvalue weighted by atomic mass is 35.5. The number of ether oxygens (including phenoxy) is 1. The monoisotopic (exact) mass is 366 g/mol. The molecule has 1 N–H and O–H groups in total. The van der Waals surface area contributed by atoms with Crippen molar-refractivity contribution in [2.24, 2.45) is 5.10 Å². The van der Waals surface area contributed by atoms with Crippen LogP contribution in [0.15, 0.2) is 70.4 Å². The first-order chi connectivity index (χ1) is 12.7. The van der Waals surface area contributed by atoms with Crippen LogP contribution in [0.1, 0.15) is 35.6 Å². The van der Waals surface area contributed by atoms with Gasteiger partial charge >= 0.3 is 0 Å². The summed E-state index contributed by atoms with van der Waals surface area (Å²) in [5.74, 6) is 1.69. The Labute approximate surface area is 155 Å². The van der Waals surface area contributed by atoms with Crippen LogP contribution >= 0.6 is 11.6 Å². The third-order valence-corrected chi connectivity index (χ3v) is 4.95. The number of hydrogen-bond acceptors (Lipinski definition) is 5. The van der Waals surface area contributed by atoms with E-state index in [0.29, 0.717) is 17.2 Å². The topological polar surface area (TPSA) is 58.2 Å². The number of halogens is 1. The molecule has 3 heterocycles. The lowest BCUT2D eigenvalue weighted by molar-refractivity contribution is -0.0325. The Morgan fingerprint density at radius 3 is 2.85 bits per heavy atom. The summed E-state index contributed by atoms with van der Waals surface area (Å²) in [6.07, 6.45) is 1.87. The number of phenols is 1. The first kappa shape index (κ1) is 15.3. The van der Waals surface area contributed by atoms with Gasteiger partial charge in [-0.1, -0.05) is 23.7 Å². The van der Waals surface area contributed by atoms with Gasteiger partial charge in [0.25, 0.3) is 0 Å². The minimum absolute atomic E-state index is 0.00935. The number of benzene rings is 2. The second-order valence-electron chi connectivity index (χ2n) is 6.36. The second-order valence-corrected chi connectivity index (χ2v) is 6.80. The summed E-state index contributed by atoms with van der Waals surface area (Å²) in [7, 11) is 0. The van der Waals surface area contributed by atoms with Gasteiger partial charge in [-0.2, -0.15) is 5.10 Å². The molecule has 0 saturated heterocycles. The van der Waals surface area contributed by atoms with E-state index in [1.807, 2.05) is 47.5 Å². The van der Waals surface area contributed by atoms with Crippen LogP contribution in [-0.2, 0) is 0 Å². The van der Waals surface area contributed by atoms with Crippen molar-refractivity contribution in [3.63, 3.8) is 0 Å². The molecule has 0 amide bonds. The van der Waals surface area contributed by atoms with Gasteiger partial charge in [-0.25, -0.2) is 5.01 Å². The van der Waals surface area contributed by atoms with Crippen LogP contribution in [0, 0.1) is 0 Å². The molecule has 0 aliphatic carbocycles. The predicted octanol–water partition coefficient (Wildman–Crippen LogP) is 4.88. The molecule has 0 saturated carbocycles. The second kappa shape index (κ2) is 5.81. The summed E-state index contributed by atoms with van der Waals surface area (Å²) < 4.78 is 11.7. The first-order valence-electron chi connectivity index (χ1n) is 8.34. The molecule has 6 heteroatoms. The fourth-order valence-electron chi connectivity index (χ4n) is 3.54. The number of furan rings is 1. The molecule has 5 rings (SSSR count). The number of aromatic hydroxyl groups is 1. The molecule has 3 aromatic rings. The number of nitrogens with zero attached hydrogens (tertiary/aromatic N) is 2. The maximum Gasteiger partial charge on any atom is 0.246 e. The molecule has 130 valence electrons. The third kappa shape index (κ3) is 2.44. The Morgan fingerprint density at radius 1 is 1.12 bits per heavy atom. The largest absolute Gasteiger partial charge is 0.508 e. The van der Waals surface area contributed by atoms with Crippen molar-refractivity contribution in [2.75, 3.05) is 0 Å². The van der Waals surface area contributed by atoms with E-state index in [-0.39, 0.29) is 11.8 Å². The van der Waals surface area contributed by atoms with Gasteiger partial charge < -0.3 is 14.3 Å². The summed E-state index contributed by atoms with van der Waals surface area (Å²) in [5.41, 5.74) is 2.78. The maximum absolute atomic E-state index is 9.80. The van der Waals surface area contributed by atoms with Crippen LogP contribution in [0.25, 0.3) is 0 Å². The highest BCUT2D eigenvalue weighted by Crippen LogP contribution is 2.48. The molecule has 2 aromatic carbocycles. The van der Waals surface area contributed by atoms with E-state index in [1.165, 1.54) is 0 Å². The fraction of sp³-hybridized carbons (Fsp3) is 0.150. The van der Waals surface area contributed by atoms with Crippen molar-refractivity contribution in [3.8, 4) is 11.5 Å². The predicted molar refractivity (Wildman–Crippen MR) is 97.4 cm³/mol. The lowest BCUT2D eigenvalue weighted by atomic mass is 9.96. The lowest BCUT2D eigenvalue weighted by Gasteiger charge is -2.36. The molecule has 2 unspecified atom stereocenters. The third-order valence-electron chi connectivity index (χ3n) is 4.72. The highest BCUT2D eigenvalue weighted by Gasteiger charge is 2.42. The molecular formula is C20H15ClN2O3. The fourth-order valence-corrected chi connectivity index (χ4v) is 3.72. The molecule has 2 aliphatic heterocycles. The highest BCUT2D eigenvalue weighted by molar-refractivity contribution is 6.30. The van der Waals surface area contributed by atoms with Gasteiger partial charge in [-0.3, -0.25) is 0 Å². The van der Waals surface area contributed by atoms with Crippen molar-refractivity contribution in [1.82, 2.24) is 5.01 Å². The average molecular weight is 367 g/mol. The number of rotatable bonds is 2. The van der Waals surface area contributed by atoms with E-state index in [9.17, 15) is 5.11 Å². The molecule has 2 aliphatic rings. The van der Waals surface area contributed by atoms with Crippen LogP contribution < -0.4 is 4.74 Å². The first-order valence-corrected chi connectivity index (χ1v) is 8.71. The Balaban J connectivity index is 1.61. The number of hydrazone groups is 1. The van der Waals surface area contributed by atoms with Crippen LogP contribution in [0.3, 0.4) is 0 Å². The molecule has 26 heavy (non-hydrogen) atoms. The molecular weight excluding hydrogens is 352 g/mol. The van der Waals surface area contributed by atoms with Gasteiger partial charge in [-0.15, -0.1) is 0 Å². The molecule has 0 bridgehead atoms. The van der Waals surface area contributed by atoms with Crippen LogP contribution in [0.2, 0.25) is 5.02 Å². The Kier molecular flexibility index (Phi) is 3.43. The molecule has 0 fully saturated rings. The van der Waals surface area contributed by atoms with Gasteiger partial charge in [-0.05, 0) is 42.5 Å². The zero-order valence-electron chi connectivity index (χ0n) is 13.7. The summed E-state index contributed by atoms with van der Waals surface area (Å²) >= 11 is 6.21. The van der Waals surface area contributed by atoms with Crippen molar-refractivity contribution in [3.05, 3.63) is 82.8 Å². The van der Waals surface area contributed by atoms with Gasteiger partial charge in [0, 0.05) is 22.6 Å². The van der Waals surface area contributed by atoms with Crippen molar-refractivity contribution < 1.29 is 14.3 Å². The number of fused-ring (bicyclic) bond motifs is 3. The van der Waals surface area contributed by atoms with E-state index >= 15 is 0 Å². The van der Waals surface area contributed by atoms with Crippen molar-refractivity contribution in [1.29, 1.82) is 0 Å². The van der Waals surface area contributed by atoms with Crippen LogP contribution in [0.5, 0.6) is 11.5 Å². The van der Waals surface area contributed by atoms with Crippen LogP contribution in [-0.4, -0.2) is 15.8 Å². The van der Waals surface area contributed by atoms with Crippen molar-refractivity contribution >= 4 is 17.3 Å². The van der Waals surface area contributed by atoms with E-state index in [2.05, 4.69) is 0 Å². The molecule has 2 atom stereocenters. The van der Waals surface area contributed by atoms with E-state index in [1.54, 1.807) is 18.4 Å². The summed E-state index contributed by atoms with van der Waals surface area (Å²) in [6.45, 7) is 0. The van der Waals surface area contributed by atoms with Gasteiger partial charge in [0.1, 0.15) is 11.5 Å². The van der Waals surface area contributed by atoms with Crippen LogP contribution in [0.4, 0.5) is 0 Å². The normalized spacial score (nSPS) is 21.0. The van der Waals surface area contributed by atoms with E-state index < -0.39 is 6.23 Å². The molecule has 1 aromatic heterocycles. The SMILES string of the molecule is Oc1cccc(C2=NN3C(C2)c2cc(Cl)ccc2OC3c2ccco2)c1. The minimum Gasteiger partial charge on any atom is -0.508 e. The molecule has 5 nitrogen and oxygen atoms in total.